The number of aromatic nitrogens is 2. The molecule has 0 radical (unpaired) electrons. The molecule has 1 fully saturated rings. The van der Waals surface area contributed by atoms with E-state index in [4.69, 9.17) is 9.26 Å². The molecular formula is C11H16N2O3. The first-order valence-electron chi connectivity index (χ1n) is 5.62. The van der Waals surface area contributed by atoms with E-state index in [0.29, 0.717) is 18.3 Å². The van der Waals surface area contributed by atoms with E-state index in [1.807, 2.05) is 0 Å². The first-order valence-corrected chi connectivity index (χ1v) is 5.62. The number of ether oxygens (including phenoxy) is 1. The van der Waals surface area contributed by atoms with Gasteiger partial charge in [0.25, 0.3) is 0 Å². The van der Waals surface area contributed by atoms with Crippen LogP contribution in [0.5, 0.6) is 0 Å². The highest BCUT2D eigenvalue weighted by Crippen LogP contribution is 2.26. The first-order chi connectivity index (χ1) is 7.79. The van der Waals surface area contributed by atoms with Crippen LogP contribution in [0, 0.1) is 5.92 Å². The molecule has 5 nitrogen and oxygen atoms in total. The summed E-state index contributed by atoms with van der Waals surface area (Å²) in [6, 6.07) is 0. The number of carbonyl (C=O) groups excluding carboxylic acids is 1. The van der Waals surface area contributed by atoms with Crippen molar-refractivity contribution in [2.24, 2.45) is 5.92 Å². The normalized spacial score (nSPS) is 16.8. The average Bonchev–Trinajstić information content (AvgIpc) is 2.89. The van der Waals surface area contributed by atoms with Crippen molar-refractivity contribution in [2.45, 2.75) is 38.7 Å². The van der Waals surface area contributed by atoms with E-state index in [1.165, 1.54) is 0 Å². The summed E-state index contributed by atoms with van der Waals surface area (Å²) in [7, 11) is 1.57. The molecule has 0 amide bonds. The second-order valence-electron chi connectivity index (χ2n) is 4.16. The summed E-state index contributed by atoms with van der Waals surface area (Å²) in [5.41, 5.74) is 0. The van der Waals surface area contributed by atoms with Gasteiger partial charge in [0.05, 0.1) is 6.42 Å². The standard InChI is InChI=1S/C11H16N2O3/c1-15-7-10-12-11(16-13-10)6-9(14)8-4-2-3-5-8/h8H,2-7H2,1H3. The monoisotopic (exact) mass is 224 g/mol. The van der Waals surface area contributed by atoms with Gasteiger partial charge in [-0.15, -0.1) is 0 Å². The molecule has 0 saturated heterocycles. The van der Waals surface area contributed by atoms with Crippen LogP contribution >= 0.6 is 0 Å². The Balaban J connectivity index is 1.89. The van der Waals surface area contributed by atoms with Gasteiger partial charge in [0, 0.05) is 13.0 Å². The molecule has 0 unspecified atom stereocenters. The van der Waals surface area contributed by atoms with Crippen LogP contribution in [-0.4, -0.2) is 23.0 Å². The molecule has 1 aliphatic rings. The lowest BCUT2D eigenvalue weighted by molar-refractivity contribution is -0.122. The van der Waals surface area contributed by atoms with Crippen molar-refractivity contribution in [1.29, 1.82) is 0 Å². The molecule has 0 N–H and O–H groups in total. The van der Waals surface area contributed by atoms with Gasteiger partial charge in [-0.25, -0.2) is 0 Å². The Kier molecular flexibility index (Phi) is 3.66. The lowest BCUT2D eigenvalue weighted by Crippen LogP contribution is -2.13. The first kappa shape index (κ1) is 11.3. The van der Waals surface area contributed by atoms with Crippen LogP contribution in [0.3, 0.4) is 0 Å². The molecule has 5 heteroatoms. The molecule has 2 rings (SSSR count). The molecule has 88 valence electrons. The van der Waals surface area contributed by atoms with Gasteiger partial charge in [0.15, 0.2) is 5.82 Å². The number of ketones is 1. The fourth-order valence-electron chi connectivity index (χ4n) is 2.09. The summed E-state index contributed by atoms with van der Waals surface area (Å²) in [5.74, 6) is 1.34. The van der Waals surface area contributed by atoms with Crippen molar-refractivity contribution in [3.8, 4) is 0 Å². The van der Waals surface area contributed by atoms with Crippen molar-refractivity contribution >= 4 is 5.78 Å². The SMILES string of the molecule is COCc1noc(CC(=O)C2CCCC2)n1. The van der Waals surface area contributed by atoms with Crippen LogP contribution in [0.25, 0.3) is 0 Å². The number of carbonyl (C=O) groups is 1. The highest BCUT2D eigenvalue weighted by atomic mass is 16.5. The topological polar surface area (TPSA) is 65.2 Å². The smallest absolute Gasteiger partial charge is 0.234 e. The molecular weight excluding hydrogens is 208 g/mol. The van der Waals surface area contributed by atoms with E-state index in [9.17, 15) is 4.79 Å². The van der Waals surface area contributed by atoms with Crippen molar-refractivity contribution < 1.29 is 14.1 Å². The van der Waals surface area contributed by atoms with Crippen LogP contribution in [0.2, 0.25) is 0 Å². The quantitative estimate of drug-likeness (QED) is 0.758. The predicted molar refractivity (Wildman–Crippen MR) is 55.7 cm³/mol. The van der Waals surface area contributed by atoms with E-state index < -0.39 is 0 Å². The second-order valence-corrected chi connectivity index (χ2v) is 4.16. The summed E-state index contributed by atoms with van der Waals surface area (Å²) in [6.07, 6.45) is 4.61. The minimum absolute atomic E-state index is 0.206. The molecule has 16 heavy (non-hydrogen) atoms. The van der Waals surface area contributed by atoms with E-state index in [-0.39, 0.29) is 18.1 Å². The molecule has 0 aliphatic heterocycles. The van der Waals surface area contributed by atoms with Crippen LogP contribution in [0.15, 0.2) is 4.52 Å². The number of methoxy groups -OCH3 is 1. The Bertz CT molecular complexity index is 356. The Labute approximate surface area is 94.2 Å². The van der Waals surface area contributed by atoms with Gasteiger partial charge in [-0.05, 0) is 12.8 Å². The van der Waals surface area contributed by atoms with E-state index in [2.05, 4.69) is 10.1 Å². The third-order valence-corrected chi connectivity index (χ3v) is 2.92. The molecule has 0 aromatic carbocycles. The van der Waals surface area contributed by atoms with Crippen molar-refractivity contribution in [2.75, 3.05) is 7.11 Å². The van der Waals surface area contributed by atoms with E-state index in [0.717, 1.165) is 25.7 Å². The fourth-order valence-corrected chi connectivity index (χ4v) is 2.09. The molecule has 1 heterocycles. The fraction of sp³-hybridized carbons (Fsp3) is 0.727. The van der Waals surface area contributed by atoms with Gasteiger partial charge < -0.3 is 9.26 Å². The van der Waals surface area contributed by atoms with Gasteiger partial charge in [-0.2, -0.15) is 4.98 Å². The van der Waals surface area contributed by atoms with Crippen LogP contribution in [0.1, 0.15) is 37.4 Å². The molecule has 1 saturated carbocycles. The summed E-state index contributed by atoms with van der Waals surface area (Å²) in [6.45, 7) is 0.321. The molecule has 0 atom stereocenters. The predicted octanol–water partition coefficient (Wildman–Crippen LogP) is 1.52. The van der Waals surface area contributed by atoms with Crippen molar-refractivity contribution in [3.05, 3.63) is 11.7 Å². The Hall–Kier alpha value is -1.23. The zero-order chi connectivity index (χ0) is 11.4. The largest absolute Gasteiger partial charge is 0.377 e. The van der Waals surface area contributed by atoms with Crippen LogP contribution in [-0.2, 0) is 22.6 Å². The maximum Gasteiger partial charge on any atom is 0.234 e. The average molecular weight is 224 g/mol. The highest BCUT2D eigenvalue weighted by molar-refractivity contribution is 5.82. The van der Waals surface area contributed by atoms with Crippen LogP contribution in [0.4, 0.5) is 0 Å². The number of hydrogen-bond donors (Lipinski definition) is 0. The number of hydrogen-bond acceptors (Lipinski definition) is 5. The van der Waals surface area contributed by atoms with Crippen LogP contribution < -0.4 is 0 Å². The molecule has 0 spiro atoms. The zero-order valence-corrected chi connectivity index (χ0v) is 9.44. The highest BCUT2D eigenvalue weighted by Gasteiger charge is 2.24. The van der Waals surface area contributed by atoms with Crippen molar-refractivity contribution in [3.63, 3.8) is 0 Å². The minimum Gasteiger partial charge on any atom is -0.377 e. The minimum atomic E-state index is 0.206. The Morgan fingerprint density at radius 2 is 2.25 bits per heavy atom. The third kappa shape index (κ3) is 2.66. The summed E-state index contributed by atoms with van der Waals surface area (Å²) in [4.78, 5) is 15.9. The zero-order valence-electron chi connectivity index (χ0n) is 9.44. The molecule has 1 aliphatic carbocycles. The molecule has 1 aromatic heterocycles. The Morgan fingerprint density at radius 3 is 2.94 bits per heavy atom. The number of nitrogens with zero attached hydrogens (tertiary/aromatic N) is 2. The van der Waals surface area contributed by atoms with Gasteiger partial charge >= 0.3 is 0 Å². The van der Waals surface area contributed by atoms with Gasteiger partial charge in [0.1, 0.15) is 12.4 Å². The maximum absolute atomic E-state index is 11.8. The summed E-state index contributed by atoms with van der Waals surface area (Å²) in [5, 5.41) is 3.72. The van der Waals surface area contributed by atoms with Gasteiger partial charge in [0.2, 0.25) is 5.89 Å². The number of Topliss-reactive ketones (excluding diaryl/α,β-unsaturated/α-hetero) is 1. The lowest BCUT2D eigenvalue weighted by atomic mass is 10.0. The van der Waals surface area contributed by atoms with E-state index >= 15 is 0 Å². The third-order valence-electron chi connectivity index (χ3n) is 2.92. The van der Waals surface area contributed by atoms with Crippen molar-refractivity contribution in [1.82, 2.24) is 10.1 Å². The number of rotatable bonds is 5. The van der Waals surface area contributed by atoms with E-state index in [1.54, 1.807) is 7.11 Å². The summed E-state index contributed by atoms with van der Waals surface area (Å²) >= 11 is 0. The second kappa shape index (κ2) is 5.21. The van der Waals surface area contributed by atoms with Gasteiger partial charge in [-0.1, -0.05) is 18.0 Å². The molecule has 0 bridgehead atoms. The summed E-state index contributed by atoms with van der Waals surface area (Å²) < 4.78 is 9.86. The van der Waals surface area contributed by atoms with Gasteiger partial charge in [-0.3, -0.25) is 4.79 Å². The molecule has 1 aromatic rings. The lowest BCUT2D eigenvalue weighted by Gasteiger charge is -2.04. The maximum atomic E-state index is 11.8. The Morgan fingerprint density at radius 1 is 1.50 bits per heavy atom.